The van der Waals surface area contributed by atoms with E-state index in [-0.39, 0.29) is 5.91 Å². The molecule has 0 fully saturated rings. The maximum absolute atomic E-state index is 13.4. The maximum Gasteiger partial charge on any atom is 0.258 e. The first-order valence-electron chi connectivity index (χ1n) is 10.2. The summed E-state index contributed by atoms with van der Waals surface area (Å²) in [5, 5.41) is 8.30. The summed E-state index contributed by atoms with van der Waals surface area (Å²) in [5.74, 6) is 0.280. The molecule has 0 aliphatic carbocycles. The Morgan fingerprint density at radius 1 is 1.03 bits per heavy atom. The van der Waals surface area contributed by atoms with Crippen LogP contribution in [0.3, 0.4) is 0 Å². The van der Waals surface area contributed by atoms with E-state index in [0.29, 0.717) is 11.5 Å². The van der Waals surface area contributed by atoms with Crippen molar-refractivity contribution in [2.24, 2.45) is 7.05 Å². The Hall–Kier alpha value is -4.00. The fraction of sp³-hybridized carbons (Fsp3) is 0.167. The van der Waals surface area contributed by atoms with E-state index < -0.39 is 0 Å². The van der Waals surface area contributed by atoms with E-state index in [0.717, 1.165) is 45.4 Å². The average molecular weight is 410 g/mol. The Morgan fingerprint density at radius 3 is 2.52 bits per heavy atom. The fourth-order valence-electron chi connectivity index (χ4n) is 3.86. The van der Waals surface area contributed by atoms with Gasteiger partial charge >= 0.3 is 0 Å². The number of pyridine rings is 1. The van der Waals surface area contributed by atoms with E-state index in [9.17, 15) is 4.79 Å². The third-order valence-corrected chi connectivity index (χ3v) is 5.52. The van der Waals surface area contributed by atoms with E-state index in [2.05, 4.69) is 15.4 Å². The molecule has 1 amide bonds. The lowest BCUT2D eigenvalue weighted by Gasteiger charge is -2.10. The highest BCUT2D eigenvalue weighted by molar-refractivity contribution is 6.13. The molecule has 7 nitrogen and oxygen atoms in total. The Morgan fingerprint density at radius 2 is 1.77 bits per heavy atom. The second-order valence-corrected chi connectivity index (χ2v) is 7.49. The largest absolute Gasteiger partial charge is 0.313 e. The molecule has 3 heterocycles. The van der Waals surface area contributed by atoms with Crippen molar-refractivity contribution in [2.75, 3.05) is 5.32 Å². The van der Waals surface area contributed by atoms with Gasteiger partial charge in [0.1, 0.15) is 0 Å². The topological polar surface area (TPSA) is 77.6 Å². The van der Waals surface area contributed by atoms with Crippen molar-refractivity contribution in [3.63, 3.8) is 0 Å². The molecule has 0 spiro atoms. The Labute approximate surface area is 179 Å². The van der Waals surface area contributed by atoms with Crippen LogP contribution in [0.4, 0.5) is 5.95 Å². The summed E-state index contributed by atoms with van der Waals surface area (Å²) in [6.07, 6.45) is 1.97. The number of hydrogen-bond acceptors (Lipinski definition) is 4. The highest BCUT2D eigenvalue weighted by atomic mass is 16.1. The molecule has 5 aromatic rings. The lowest BCUT2D eigenvalue weighted by atomic mass is 10.0. The molecule has 0 unspecified atom stereocenters. The molecule has 0 bridgehead atoms. The monoisotopic (exact) mass is 410 g/mol. The quantitative estimate of drug-likeness (QED) is 0.471. The van der Waals surface area contributed by atoms with Gasteiger partial charge in [0.15, 0.2) is 0 Å². The highest BCUT2D eigenvalue weighted by Gasteiger charge is 2.18. The fourth-order valence-corrected chi connectivity index (χ4v) is 3.86. The van der Waals surface area contributed by atoms with Gasteiger partial charge in [-0.2, -0.15) is 5.10 Å². The summed E-state index contributed by atoms with van der Waals surface area (Å²) in [7, 11) is 1.89. The van der Waals surface area contributed by atoms with Crippen molar-refractivity contribution >= 4 is 33.8 Å². The van der Waals surface area contributed by atoms with Gasteiger partial charge in [0.2, 0.25) is 5.95 Å². The van der Waals surface area contributed by atoms with Gasteiger partial charge in [-0.25, -0.2) is 9.97 Å². The second-order valence-electron chi connectivity index (χ2n) is 7.49. The molecule has 0 atom stereocenters. The van der Waals surface area contributed by atoms with Crippen LogP contribution >= 0.6 is 0 Å². The first-order valence-corrected chi connectivity index (χ1v) is 10.2. The van der Waals surface area contributed by atoms with Crippen LogP contribution < -0.4 is 5.32 Å². The van der Waals surface area contributed by atoms with Gasteiger partial charge in [-0.3, -0.25) is 14.8 Å². The minimum Gasteiger partial charge on any atom is -0.313 e. The summed E-state index contributed by atoms with van der Waals surface area (Å²) in [4.78, 5) is 22.7. The van der Waals surface area contributed by atoms with Gasteiger partial charge in [-0.15, -0.1) is 0 Å². The number of fused-ring (bicyclic) bond motifs is 2. The third-order valence-electron chi connectivity index (χ3n) is 5.52. The SMILES string of the molecule is CCn1cc(-c2cc(C(=O)Nc3nc4ccccc4n3C)c3ccccc3n2)c(C)n1. The molecule has 0 radical (unpaired) electrons. The number of nitrogens with zero attached hydrogens (tertiary/aromatic N) is 5. The number of carbonyl (C=O) groups excluding carboxylic acids is 1. The molecular formula is C24H22N6O. The Kier molecular flexibility index (Phi) is 4.51. The average Bonchev–Trinajstić information content (AvgIpc) is 3.32. The van der Waals surface area contributed by atoms with Crippen LogP contribution in [-0.4, -0.2) is 30.2 Å². The van der Waals surface area contributed by atoms with E-state index in [4.69, 9.17) is 4.98 Å². The molecule has 2 aromatic carbocycles. The van der Waals surface area contributed by atoms with Crippen molar-refractivity contribution in [2.45, 2.75) is 20.4 Å². The van der Waals surface area contributed by atoms with Crippen molar-refractivity contribution in [1.29, 1.82) is 0 Å². The smallest absolute Gasteiger partial charge is 0.258 e. The van der Waals surface area contributed by atoms with Gasteiger partial charge in [-0.1, -0.05) is 30.3 Å². The molecule has 0 aliphatic rings. The third kappa shape index (κ3) is 3.24. The van der Waals surface area contributed by atoms with Crippen LogP contribution in [0.1, 0.15) is 23.0 Å². The summed E-state index contributed by atoms with van der Waals surface area (Å²) < 4.78 is 3.76. The number of anilines is 1. The number of aryl methyl sites for hydroxylation is 3. The Bertz CT molecular complexity index is 1450. The van der Waals surface area contributed by atoms with Gasteiger partial charge in [0, 0.05) is 30.7 Å². The predicted octanol–water partition coefficient (Wildman–Crippen LogP) is 4.57. The van der Waals surface area contributed by atoms with Crippen LogP contribution in [0, 0.1) is 6.92 Å². The number of amides is 1. The highest BCUT2D eigenvalue weighted by Crippen LogP contribution is 2.27. The van der Waals surface area contributed by atoms with E-state index >= 15 is 0 Å². The van der Waals surface area contributed by atoms with Gasteiger partial charge < -0.3 is 4.57 Å². The summed E-state index contributed by atoms with van der Waals surface area (Å²) in [6, 6.07) is 17.3. The zero-order valence-electron chi connectivity index (χ0n) is 17.6. The molecule has 5 rings (SSSR count). The number of imidazole rings is 1. The standard InChI is InChI=1S/C24H22N6O/c1-4-30-14-18(15(2)28-30)21-13-17(16-9-5-6-10-19(16)25-21)23(31)27-24-26-20-11-7-8-12-22(20)29(24)3/h5-14H,4H2,1-3H3,(H,26,27,31). The zero-order chi connectivity index (χ0) is 21.5. The first kappa shape index (κ1) is 19.0. The van der Waals surface area contributed by atoms with Gasteiger partial charge in [-0.05, 0) is 38.1 Å². The molecule has 0 aliphatic heterocycles. The van der Waals surface area contributed by atoms with Crippen molar-refractivity contribution < 1.29 is 4.79 Å². The molecular weight excluding hydrogens is 388 g/mol. The first-order chi connectivity index (χ1) is 15.0. The number of aromatic nitrogens is 5. The molecule has 3 aromatic heterocycles. The molecule has 7 heteroatoms. The Balaban J connectivity index is 1.61. The lowest BCUT2D eigenvalue weighted by Crippen LogP contribution is -2.16. The molecule has 31 heavy (non-hydrogen) atoms. The second kappa shape index (κ2) is 7.36. The van der Waals surface area contributed by atoms with Crippen LogP contribution in [0.15, 0.2) is 60.8 Å². The maximum atomic E-state index is 13.4. The van der Waals surface area contributed by atoms with Crippen molar-refractivity contribution in [3.05, 3.63) is 72.1 Å². The summed E-state index contributed by atoms with van der Waals surface area (Å²) in [6.45, 7) is 4.77. The minimum atomic E-state index is -0.223. The van der Waals surface area contributed by atoms with Crippen molar-refractivity contribution in [3.8, 4) is 11.3 Å². The number of para-hydroxylation sites is 3. The van der Waals surface area contributed by atoms with Gasteiger partial charge in [0.25, 0.3) is 5.91 Å². The van der Waals surface area contributed by atoms with Crippen LogP contribution in [-0.2, 0) is 13.6 Å². The van der Waals surface area contributed by atoms with E-state index in [1.807, 2.05) is 90.9 Å². The summed E-state index contributed by atoms with van der Waals surface area (Å²) in [5.41, 5.74) is 5.64. The van der Waals surface area contributed by atoms with Crippen LogP contribution in [0.5, 0.6) is 0 Å². The van der Waals surface area contributed by atoms with Crippen LogP contribution in [0.25, 0.3) is 33.2 Å². The molecule has 0 saturated heterocycles. The number of nitrogens with one attached hydrogen (secondary N) is 1. The number of benzene rings is 2. The number of hydrogen-bond donors (Lipinski definition) is 1. The minimum absolute atomic E-state index is 0.223. The van der Waals surface area contributed by atoms with Crippen LogP contribution in [0.2, 0.25) is 0 Å². The van der Waals surface area contributed by atoms with Gasteiger partial charge in [0.05, 0.1) is 33.5 Å². The summed E-state index contributed by atoms with van der Waals surface area (Å²) >= 11 is 0. The predicted molar refractivity (Wildman–Crippen MR) is 122 cm³/mol. The van der Waals surface area contributed by atoms with E-state index in [1.54, 1.807) is 0 Å². The zero-order valence-corrected chi connectivity index (χ0v) is 17.6. The number of rotatable bonds is 4. The molecule has 154 valence electrons. The molecule has 1 N–H and O–H groups in total. The van der Waals surface area contributed by atoms with E-state index in [1.165, 1.54) is 0 Å². The molecule has 0 saturated carbocycles. The van der Waals surface area contributed by atoms with Crippen molar-refractivity contribution in [1.82, 2.24) is 24.3 Å². The lowest BCUT2D eigenvalue weighted by molar-refractivity contribution is 0.102. The normalized spacial score (nSPS) is 11.3. The number of carbonyl (C=O) groups is 1.